The molecule has 1 aromatic carbocycles. The van der Waals surface area contributed by atoms with Crippen molar-refractivity contribution < 1.29 is 14.3 Å². The van der Waals surface area contributed by atoms with Crippen molar-refractivity contribution in [2.24, 2.45) is 0 Å². The molecule has 0 aliphatic heterocycles. The van der Waals surface area contributed by atoms with Crippen LogP contribution in [0.15, 0.2) is 22.0 Å². The Morgan fingerprint density at radius 2 is 2.21 bits per heavy atom. The fourth-order valence-electron chi connectivity index (χ4n) is 1.26. The molecule has 14 heavy (non-hydrogen) atoms. The highest BCUT2D eigenvalue weighted by Gasteiger charge is 2.15. The van der Waals surface area contributed by atoms with Crippen LogP contribution in [0.4, 0.5) is 4.39 Å². The summed E-state index contributed by atoms with van der Waals surface area (Å²) in [5, 5.41) is 10.3. The number of thiophene rings is 1. The van der Waals surface area contributed by atoms with Gasteiger partial charge in [-0.15, -0.1) is 11.3 Å². The van der Waals surface area contributed by atoms with Crippen molar-refractivity contribution in [3.63, 3.8) is 0 Å². The number of aromatic carboxylic acids is 1. The molecule has 1 N–H and O–H groups in total. The van der Waals surface area contributed by atoms with Crippen LogP contribution < -0.4 is 0 Å². The standard InChI is InChI=1S/C9H4BrFO2S/c10-5-2-1-4(9(12)13)7-6(11)3-14-8(5)7/h1-3H,(H,12,13). The molecular weight excluding hydrogens is 271 g/mol. The van der Waals surface area contributed by atoms with Gasteiger partial charge in [-0.25, -0.2) is 9.18 Å². The van der Waals surface area contributed by atoms with Crippen molar-refractivity contribution in [3.8, 4) is 0 Å². The van der Waals surface area contributed by atoms with E-state index in [0.29, 0.717) is 9.17 Å². The predicted octanol–water partition coefficient (Wildman–Crippen LogP) is 3.50. The second kappa shape index (κ2) is 3.33. The van der Waals surface area contributed by atoms with E-state index < -0.39 is 11.8 Å². The number of benzene rings is 1. The first-order valence-corrected chi connectivity index (χ1v) is 5.37. The second-order valence-electron chi connectivity index (χ2n) is 2.69. The quantitative estimate of drug-likeness (QED) is 0.864. The van der Waals surface area contributed by atoms with Crippen LogP contribution in [0, 0.1) is 5.82 Å². The number of halogens is 2. The summed E-state index contributed by atoms with van der Waals surface area (Å²) in [6.45, 7) is 0. The Kier molecular flexibility index (Phi) is 2.28. The maximum Gasteiger partial charge on any atom is 0.336 e. The molecule has 72 valence electrons. The molecule has 2 nitrogen and oxygen atoms in total. The van der Waals surface area contributed by atoms with Crippen LogP contribution in [0.5, 0.6) is 0 Å². The van der Waals surface area contributed by atoms with Gasteiger partial charge in [-0.3, -0.25) is 0 Å². The lowest BCUT2D eigenvalue weighted by molar-refractivity contribution is 0.0699. The first kappa shape index (κ1) is 9.61. The zero-order valence-corrected chi connectivity index (χ0v) is 9.15. The van der Waals surface area contributed by atoms with Crippen LogP contribution in [-0.4, -0.2) is 11.1 Å². The summed E-state index contributed by atoms with van der Waals surface area (Å²) in [4.78, 5) is 10.8. The lowest BCUT2D eigenvalue weighted by Gasteiger charge is -1.99. The monoisotopic (exact) mass is 274 g/mol. The highest BCUT2D eigenvalue weighted by molar-refractivity contribution is 9.10. The van der Waals surface area contributed by atoms with E-state index in [-0.39, 0.29) is 10.9 Å². The highest BCUT2D eigenvalue weighted by Crippen LogP contribution is 2.33. The van der Waals surface area contributed by atoms with E-state index in [1.165, 1.54) is 22.8 Å². The average Bonchev–Trinajstić information content (AvgIpc) is 2.50. The number of carbonyl (C=O) groups is 1. The number of carboxylic acids is 1. The molecule has 0 aliphatic carbocycles. The maximum atomic E-state index is 13.3. The van der Waals surface area contributed by atoms with Crippen LogP contribution in [0.2, 0.25) is 0 Å². The van der Waals surface area contributed by atoms with E-state index >= 15 is 0 Å². The number of carboxylic acid groups (broad SMARTS) is 1. The third kappa shape index (κ3) is 1.33. The summed E-state index contributed by atoms with van der Waals surface area (Å²) in [5.41, 5.74) is 0.00181. The van der Waals surface area contributed by atoms with Gasteiger partial charge in [-0.2, -0.15) is 0 Å². The summed E-state index contributed by atoms with van der Waals surface area (Å²) >= 11 is 4.43. The Labute approximate surface area is 91.1 Å². The number of fused-ring (bicyclic) bond motifs is 1. The Morgan fingerprint density at radius 1 is 1.50 bits per heavy atom. The Balaban J connectivity index is 2.92. The summed E-state index contributed by atoms with van der Waals surface area (Å²) in [5.74, 6) is -1.59. The van der Waals surface area contributed by atoms with E-state index in [4.69, 9.17) is 5.11 Å². The molecule has 2 rings (SSSR count). The molecular formula is C9H4BrFO2S. The molecule has 1 heterocycles. The maximum absolute atomic E-state index is 13.3. The summed E-state index contributed by atoms with van der Waals surface area (Å²) in [6, 6.07) is 3.01. The van der Waals surface area contributed by atoms with Gasteiger partial charge < -0.3 is 5.11 Å². The van der Waals surface area contributed by atoms with E-state index in [9.17, 15) is 9.18 Å². The van der Waals surface area contributed by atoms with Crippen molar-refractivity contribution in [1.29, 1.82) is 0 Å². The molecule has 0 amide bonds. The van der Waals surface area contributed by atoms with Gasteiger partial charge in [0.1, 0.15) is 5.82 Å². The van der Waals surface area contributed by atoms with Gasteiger partial charge in [-0.05, 0) is 28.1 Å². The number of hydrogen-bond donors (Lipinski definition) is 1. The van der Waals surface area contributed by atoms with Crippen LogP contribution in [0.3, 0.4) is 0 Å². The van der Waals surface area contributed by atoms with Gasteiger partial charge in [0.15, 0.2) is 0 Å². The molecule has 0 saturated heterocycles. The normalized spacial score (nSPS) is 10.7. The van der Waals surface area contributed by atoms with Crippen LogP contribution in [-0.2, 0) is 0 Å². The molecule has 0 bridgehead atoms. The third-order valence-corrected chi connectivity index (χ3v) is 3.77. The average molecular weight is 275 g/mol. The minimum absolute atomic E-state index is 0.00181. The summed E-state index contributed by atoms with van der Waals surface area (Å²) in [6.07, 6.45) is 0. The van der Waals surface area contributed by atoms with Gasteiger partial charge in [0.25, 0.3) is 0 Å². The largest absolute Gasteiger partial charge is 0.478 e. The minimum atomic E-state index is -1.11. The van der Waals surface area contributed by atoms with Crippen molar-refractivity contribution in [1.82, 2.24) is 0 Å². The van der Waals surface area contributed by atoms with Gasteiger partial charge in [0, 0.05) is 15.2 Å². The predicted molar refractivity (Wildman–Crippen MR) is 56.4 cm³/mol. The zero-order chi connectivity index (χ0) is 10.3. The highest BCUT2D eigenvalue weighted by atomic mass is 79.9. The van der Waals surface area contributed by atoms with E-state index in [2.05, 4.69) is 15.9 Å². The molecule has 0 spiro atoms. The summed E-state index contributed by atoms with van der Waals surface area (Å²) in [7, 11) is 0. The molecule has 1 aromatic heterocycles. The smallest absolute Gasteiger partial charge is 0.336 e. The molecule has 0 saturated carbocycles. The molecule has 0 fully saturated rings. The minimum Gasteiger partial charge on any atom is -0.478 e. The molecule has 0 atom stereocenters. The number of hydrogen-bond acceptors (Lipinski definition) is 2. The summed E-state index contributed by atoms with van der Waals surface area (Å²) < 4.78 is 14.6. The lowest BCUT2D eigenvalue weighted by Crippen LogP contribution is -1.97. The van der Waals surface area contributed by atoms with E-state index in [1.807, 2.05) is 0 Å². The van der Waals surface area contributed by atoms with Crippen LogP contribution in [0.1, 0.15) is 10.4 Å². The first-order valence-electron chi connectivity index (χ1n) is 3.69. The fraction of sp³-hybridized carbons (Fsp3) is 0. The molecule has 0 unspecified atom stereocenters. The first-order chi connectivity index (χ1) is 6.61. The van der Waals surface area contributed by atoms with Crippen LogP contribution >= 0.6 is 27.3 Å². The van der Waals surface area contributed by atoms with Crippen molar-refractivity contribution in [2.75, 3.05) is 0 Å². The zero-order valence-electron chi connectivity index (χ0n) is 6.75. The third-order valence-electron chi connectivity index (χ3n) is 1.86. The Morgan fingerprint density at radius 3 is 2.86 bits per heavy atom. The Hall–Kier alpha value is -0.940. The molecule has 5 heteroatoms. The van der Waals surface area contributed by atoms with Crippen molar-refractivity contribution in [3.05, 3.63) is 33.4 Å². The van der Waals surface area contributed by atoms with E-state index in [0.717, 1.165) is 0 Å². The van der Waals surface area contributed by atoms with Gasteiger partial charge in [0.05, 0.1) is 10.3 Å². The topological polar surface area (TPSA) is 37.3 Å². The van der Waals surface area contributed by atoms with Gasteiger partial charge in [-0.1, -0.05) is 0 Å². The van der Waals surface area contributed by atoms with Crippen molar-refractivity contribution in [2.45, 2.75) is 0 Å². The fourth-order valence-corrected chi connectivity index (χ4v) is 2.71. The van der Waals surface area contributed by atoms with Crippen molar-refractivity contribution >= 4 is 43.3 Å². The number of rotatable bonds is 1. The SMILES string of the molecule is O=C(O)c1ccc(Br)c2scc(F)c12. The van der Waals surface area contributed by atoms with Crippen LogP contribution in [0.25, 0.3) is 10.1 Å². The lowest BCUT2D eigenvalue weighted by atomic mass is 10.1. The van der Waals surface area contributed by atoms with Gasteiger partial charge >= 0.3 is 5.97 Å². The second-order valence-corrected chi connectivity index (χ2v) is 4.42. The molecule has 2 aromatic rings. The Bertz CT molecular complexity index is 521. The molecule has 0 aliphatic rings. The molecule has 0 radical (unpaired) electrons. The van der Waals surface area contributed by atoms with Gasteiger partial charge in [0.2, 0.25) is 0 Å². The van der Waals surface area contributed by atoms with E-state index in [1.54, 1.807) is 6.07 Å².